The van der Waals surface area contributed by atoms with Crippen LogP contribution in [0, 0.1) is 12.7 Å². The second-order valence-electron chi connectivity index (χ2n) is 3.19. The quantitative estimate of drug-likeness (QED) is 0.848. The summed E-state index contributed by atoms with van der Waals surface area (Å²) in [4.78, 5) is 5.11. The zero-order valence-corrected chi connectivity index (χ0v) is 9.14. The molecule has 2 aromatic rings. The Bertz CT molecular complexity index is 479. The molecule has 0 unspecified atom stereocenters. The van der Waals surface area contributed by atoms with Crippen LogP contribution in [0.15, 0.2) is 24.3 Å². The van der Waals surface area contributed by atoms with E-state index in [1.165, 1.54) is 17.4 Å². The lowest BCUT2D eigenvalue weighted by molar-refractivity contribution is 0.631. The molecule has 0 aliphatic carbocycles. The van der Waals surface area contributed by atoms with Crippen molar-refractivity contribution in [2.75, 3.05) is 0 Å². The summed E-state index contributed by atoms with van der Waals surface area (Å²) < 4.78 is 13.5. The molecule has 0 saturated heterocycles. The molecule has 15 heavy (non-hydrogen) atoms. The zero-order chi connectivity index (χ0) is 10.8. The van der Waals surface area contributed by atoms with Crippen molar-refractivity contribution in [3.63, 3.8) is 0 Å². The molecule has 0 spiro atoms. The Balaban J connectivity index is 2.58. The number of halogens is 1. The molecule has 0 fully saturated rings. The number of nitrogens with two attached hydrogens (primary N) is 1. The minimum absolute atomic E-state index is 0.226. The minimum Gasteiger partial charge on any atom is -0.325 e. The first-order valence-electron chi connectivity index (χ1n) is 4.63. The van der Waals surface area contributed by atoms with Gasteiger partial charge in [-0.25, -0.2) is 9.37 Å². The normalized spacial score (nSPS) is 10.6. The highest BCUT2D eigenvalue weighted by molar-refractivity contribution is 7.15. The molecule has 1 aromatic heterocycles. The van der Waals surface area contributed by atoms with Crippen molar-refractivity contribution in [3.8, 4) is 10.4 Å². The Hall–Kier alpha value is -1.26. The van der Waals surface area contributed by atoms with Gasteiger partial charge < -0.3 is 5.73 Å². The number of benzene rings is 1. The summed E-state index contributed by atoms with van der Waals surface area (Å²) in [5.74, 6) is -0.226. The Kier molecular flexibility index (Phi) is 2.79. The van der Waals surface area contributed by atoms with Crippen LogP contribution in [-0.2, 0) is 6.54 Å². The van der Waals surface area contributed by atoms with Crippen molar-refractivity contribution in [1.29, 1.82) is 0 Å². The van der Waals surface area contributed by atoms with Gasteiger partial charge in [0.2, 0.25) is 0 Å². The maximum Gasteiger partial charge on any atom is 0.131 e. The van der Waals surface area contributed by atoms with Gasteiger partial charge in [-0.15, -0.1) is 11.3 Å². The summed E-state index contributed by atoms with van der Waals surface area (Å²) in [7, 11) is 0. The van der Waals surface area contributed by atoms with Gasteiger partial charge in [-0.05, 0) is 13.0 Å². The highest BCUT2D eigenvalue weighted by Crippen LogP contribution is 2.31. The van der Waals surface area contributed by atoms with Gasteiger partial charge in [-0.1, -0.05) is 18.2 Å². The minimum atomic E-state index is -0.226. The third-order valence-corrected chi connectivity index (χ3v) is 3.16. The van der Waals surface area contributed by atoms with E-state index in [-0.39, 0.29) is 5.82 Å². The average Bonchev–Trinajstić information content (AvgIpc) is 2.60. The van der Waals surface area contributed by atoms with E-state index in [0.29, 0.717) is 12.1 Å². The van der Waals surface area contributed by atoms with Gasteiger partial charge in [0, 0.05) is 12.1 Å². The fraction of sp³-hybridized carbons (Fsp3) is 0.182. The summed E-state index contributed by atoms with van der Waals surface area (Å²) in [5.41, 5.74) is 6.93. The number of hydrogen-bond acceptors (Lipinski definition) is 3. The number of hydrogen-bond donors (Lipinski definition) is 1. The van der Waals surface area contributed by atoms with E-state index in [1.54, 1.807) is 12.1 Å². The first kappa shape index (κ1) is 10.3. The fourth-order valence-corrected chi connectivity index (χ4v) is 2.44. The molecular weight excluding hydrogens is 211 g/mol. The van der Waals surface area contributed by atoms with Gasteiger partial charge in [0.25, 0.3) is 0 Å². The second-order valence-corrected chi connectivity index (χ2v) is 4.40. The summed E-state index contributed by atoms with van der Waals surface area (Å²) in [6.07, 6.45) is 0. The molecule has 0 atom stereocenters. The first-order chi connectivity index (χ1) is 7.22. The molecule has 0 amide bonds. The van der Waals surface area contributed by atoms with Crippen LogP contribution < -0.4 is 5.73 Å². The molecule has 78 valence electrons. The standard InChI is InChI=1S/C11H11FN2S/c1-7-14-10(6-13)11(15-7)8-4-2-3-5-9(8)12/h2-5H,6,13H2,1H3. The van der Waals surface area contributed by atoms with E-state index in [2.05, 4.69) is 4.98 Å². The van der Waals surface area contributed by atoms with Crippen molar-refractivity contribution in [2.45, 2.75) is 13.5 Å². The van der Waals surface area contributed by atoms with Crippen LogP contribution >= 0.6 is 11.3 Å². The average molecular weight is 222 g/mol. The molecule has 0 radical (unpaired) electrons. The molecule has 0 saturated carbocycles. The van der Waals surface area contributed by atoms with Gasteiger partial charge in [0.05, 0.1) is 15.6 Å². The highest BCUT2D eigenvalue weighted by atomic mass is 32.1. The maximum atomic E-state index is 13.5. The van der Waals surface area contributed by atoms with E-state index in [4.69, 9.17) is 5.73 Å². The molecule has 1 heterocycles. The molecule has 1 aromatic carbocycles. The smallest absolute Gasteiger partial charge is 0.131 e. The number of thiazole rings is 1. The summed E-state index contributed by atoms with van der Waals surface area (Å²) >= 11 is 1.48. The van der Waals surface area contributed by atoms with Gasteiger partial charge in [-0.2, -0.15) is 0 Å². The zero-order valence-electron chi connectivity index (χ0n) is 8.33. The van der Waals surface area contributed by atoms with Crippen LogP contribution in [0.2, 0.25) is 0 Å². The Morgan fingerprint density at radius 1 is 1.40 bits per heavy atom. The lowest BCUT2D eigenvalue weighted by Crippen LogP contribution is -1.98. The number of rotatable bonds is 2. The van der Waals surface area contributed by atoms with Crippen LogP contribution in [-0.4, -0.2) is 4.98 Å². The van der Waals surface area contributed by atoms with Crippen LogP contribution in [0.5, 0.6) is 0 Å². The Labute approximate surface area is 91.6 Å². The fourth-order valence-electron chi connectivity index (χ4n) is 1.46. The van der Waals surface area contributed by atoms with Crippen molar-refractivity contribution in [1.82, 2.24) is 4.98 Å². The number of nitrogens with zero attached hydrogens (tertiary/aromatic N) is 1. The van der Waals surface area contributed by atoms with E-state index in [9.17, 15) is 4.39 Å². The Morgan fingerprint density at radius 2 is 2.13 bits per heavy atom. The Morgan fingerprint density at radius 3 is 2.80 bits per heavy atom. The topological polar surface area (TPSA) is 38.9 Å². The molecule has 0 aliphatic heterocycles. The van der Waals surface area contributed by atoms with Crippen LogP contribution in [0.3, 0.4) is 0 Å². The molecule has 0 bridgehead atoms. The summed E-state index contributed by atoms with van der Waals surface area (Å²) in [6.45, 7) is 2.24. The maximum absolute atomic E-state index is 13.5. The van der Waals surface area contributed by atoms with Gasteiger partial charge in [-0.3, -0.25) is 0 Å². The van der Waals surface area contributed by atoms with E-state index in [0.717, 1.165) is 15.6 Å². The van der Waals surface area contributed by atoms with Crippen molar-refractivity contribution >= 4 is 11.3 Å². The number of aryl methyl sites for hydroxylation is 1. The molecule has 0 aliphatic rings. The highest BCUT2D eigenvalue weighted by Gasteiger charge is 2.12. The summed E-state index contributed by atoms with van der Waals surface area (Å²) in [5, 5.41) is 0.911. The third-order valence-electron chi connectivity index (χ3n) is 2.12. The van der Waals surface area contributed by atoms with Crippen molar-refractivity contribution < 1.29 is 4.39 Å². The molecule has 2 N–H and O–H groups in total. The molecule has 2 nitrogen and oxygen atoms in total. The van der Waals surface area contributed by atoms with Crippen LogP contribution in [0.25, 0.3) is 10.4 Å². The molecule has 2 rings (SSSR count). The van der Waals surface area contributed by atoms with Crippen molar-refractivity contribution in [2.24, 2.45) is 5.73 Å². The number of aromatic nitrogens is 1. The first-order valence-corrected chi connectivity index (χ1v) is 5.45. The molecular formula is C11H11FN2S. The van der Waals surface area contributed by atoms with Crippen LogP contribution in [0.1, 0.15) is 10.7 Å². The van der Waals surface area contributed by atoms with Gasteiger partial charge >= 0.3 is 0 Å². The van der Waals surface area contributed by atoms with E-state index >= 15 is 0 Å². The van der Waals surface area contributed by atoms with Crippen LogP contribution in [0.4, 0.5) is 4.39 Å². The predicted molar refractivity (Wildman–Crippen MR) is 60.1 cm³/mol. The van der Waals surface area contributed by atoms with E-state index < -0.39 is 0 Å². The summed E-state index contributed by atoms with van der Waals surface area (Å²) in [6, 6.07) is 6.69. The largest absolute Gasteiger partial charge is 0.325 e. The lowest BCUT2D eigenvalue weighted by Gasteiger charge is -2.01. The second kappa shape index (κ2) is 4.08. The van der Waals surface area contributed by atoms with E-state index in [1.807, 2.05) is 13.0 Å². The molecule has 4 heteroatoms. The van der Waals surface area contributed by atoms with Gasteiger partial charge in [0.1, 0.15) is 5.82 Å². The van der Waals surface area contributed by atoms with Gasteiger partial charge in [0.15, 0.2) is 0 Å². The predicted octanol–water partition coefficient (Wildman–Crippen LogP) is 2.72. The van der Waals surface area contributed by atoms with Crippen molar-refractivity contribution in [3.05, 3.63) is 40.8 Å². The lowest BCUT2D eigenvalue weighted by atomic mass is 10.1. The third kappa shape index (κ3) is 1.91. The monoisotopic (exact) mass is 222 g/mol. The SMILES string of the molecule is Cc1nc(CN)c(-c2ccccc2F)s1.